The second kappa shape index (κ2) is 6.00. The molecule has 0 saturated carbocycles. The van der Waals surface area contributed by atoms with Crippen LogP contribution in [0, 0.1) is 0 Å². The summed E-state index contributed by atoms with van der Waals surface area (Å²) in [6.07, 6.45) is 0. The number of esters is 1. The Labute approximate surface area is 135 Å². The third kappa shape index (κ3) is 2.74. The minimum Gasteiger partial charge on any atom is -0.462 e. The lowest BCUT2D eigenvalue weighted by Gasteiger charge is -2.03. The van der Waals surface area contributed by atoms with E-state index in [1.165, 1.54) is 15.0 Å². The maximum Gasteiger partial charge on any atom is 0.338 e. The zero-order valence-electron chi connectivity index (χ0n) is 11.4. The van der Waals surface area contributed by atoms with E-state index >= 15 is 0 Å². The summed E-state index contributed by atoms with van der Waals surface area (Å²) in [5.41, 5.74) is 1.67. The van der Waals surface area contributed by atoms with Crippen molar-refractivity contribution < 1.29 is 9.53 Å². The fourth-order valence-electron chi connectivity index (χ4n) is 2.17. The van der Waals surface area contributed by atoms with Crippen LogP contribution in [0.1, 0.15) is 17.3 Å². The first-order valence-electron chi connectivity index (χ1n) is 6.65. The monoisotopic (exact) mass is 360 g/mol. The van der Waals surface area contributed by atoms with E-state index in [4.69, 9.17) is 4.74 Å². The lowest BCUT2D eigenvalue weighted by atomic mass is 10.1. The van der Waals surface area contributed by atoms with Crippen LogP contribution in [-0.4, -0.2) is 12.6 Å². The van der Waals surface area contributed by atoms with E-state index in [2.05, 4.69) is 28.1 Å². The van der Waals surface area contributed by atoms with Crippen molar-refractivity contribution in [3.8, 4) is 10.4 Å². The van der Waals surface area contributed by atoms with Crippen LogP contribution in [0.15, 0.2) is 53.0 Å². The van der Waals surface area contributed by atoms with Crippen molar-refractivity contribution in [2.24, 2.45) is 0 Å². The SMILES string of the molecule is CCOC(=O)c1ccc(-c2sc3ccccc3c2Br)cc1. The van der Waals surface area contributed by atoms with Gasteiger partial charge in [0.25, 0.3) is 0 Å². The van der Waals surface area contributed by atoms with Crippen LogP contribution < -0.4 is 0 Å². The standard InChI is InChI=1S/C17H13BrO2S/c1-2-20-17(19)12-9-7-11(8-10-12)16-15(18)13-5-3-4-6-14(13)21-16/h3-10H,2H2,1H3. The smallest absolute Gasteiger partial charge is 0.338 e. The quantitative estimate of drug-likeness (QED) is 0.575. The number of halogens is 1. The Morgan fingerprint density at radius 3 is 2.52 bits per heavy atom. The van der Waals surface area contributed by atoms with Gasteiger partial charge in [0, 0.05) is 19.4 Å². The molecule has 4 heteroatoms. The molecule has 0 spiro atoms. The minimum absolute atomic E-state index is 0.278. The van der Waals surface area contributed by atoms with Gasteiger partial charge in [-0.3, -0.25) is 0 Å². The Morgan fingerprint density at radius 1 is 1.14 bits per heavy atom. The third-order valence-corrected chi connectivity index (χ3v) is 5.50. The summed E-state index contributed by atoms with van der Waals surface area (Å²) in [5, 5.41) is 1.21. The number of ether oxygens (including phenoxy) is 1. The fraction of sp³-hybridized carbons (Fsp3) is 0.118. The predicted molar refractivity (Wildman–Crippen MR) is 90.9 cm³/mol. The molecular weight excluding hydrogens is 348 g/mol. The number of carbonyl (C=O) groups excluding carboxylic acids is 1. The molecule has 0 saturated heterocycles. The van der Waals surface area contributed by atoms with Crippen molar-refractivity contribution in [2.45, 2.75) is 6.92 Å². The van der Waals surface area contributed by atoms with E-state index in [9.17, 15) is 4.79 Å². The molecule has 21 heavy (non-hydrogen) atoms. The summed E-state index contributed by atoms with van der Waals surface area (Å²) in [6.45, 7) is 2.20. The van der Waals surface area contributed by atoms with Crippen LogP contribution in [0.2, 0.25) is 0 Å². The van der Waals surface area contributed by atoms with Gasteiger partial charge in [-0.25, -0.2) is 4.79 Å². The van der Waals surface area contributed by atoms with E-state index in [-0.39, 0.29) is 5.97 Å². The highest BCUT2D eigenvalue weighted by atomic mass is 79.9. The Bertz CT molecular complexity index is 790. The van der Waals surface area contributed by atoms with Crippen LogP contribution in [-0.2, 0) is 4.74 Å². The first-order chi connectivity index (χ1) is 10.2. The van der Waals surface area contributed by atoms with E-state index in [1.807, 2.05) is 36.4 Å². The molecule has 3 rings (SSSR count). The van der Waals surface area contributed by atoms with Crippen LogP contribution in [0.25, 0.3) is 20.5 Å². The van der Waals surface area contributed by atoms with Crippen molar-refractivity contribution in [3.63, 3.8) is 0 Å². The highest BCUT2D eigenvalue weighted by Crippen LogP contribution is 2.41. The average molecular weight is 361 g/mol. The Hall–Kier alpha value is -1.65. The lowest BCUT2D eigenvalue weighted by Crippen LogP contribution is -2.03. The number of benzene rings is 2. The van der Waals surface area contributed by atoms with Gasteiger partial charge in [0.05, 0.1) is 12.2 Å². The van der Waals surface area contributed by atoms with Gasteiger partial charge < -0.3 is 4.74 Å². The van der Waals surface area contributed by atoms with Crippen molar-refractivity contribution in [2.75, 3.05) is 6.61 Å². The molecule has 0 fully saturated rings. The molecule has 0 unspecified atom stereocenters. The van der Waals surface area contributed by atoms with Gasteiger partial charge in [-0.15, -0.1) is 11.3 Å². The van der Waals surface area contributed by atoms with Gasteiger partial charge in [0.2, 0.25) is 0 Å². The topological polar surface area (TPSA) is 26.3 Å². The molecule has 0 N–H and O–H groups in total. The zero-order valence-corrected chi connectivity index (χ0v) is 13.8. The first kappa shape index (κ1) is 14.3. The first-order valence-corrected chi connectivity index (χ1v) is 8.26. The van der Waals surface area contributed by atoms with Gasteiger partial charge in [-0.2, -0.15) is 0 Å². The fourth-order valence-corrected chi connectivity index (χ4v) is 4.22. The van der Waals surface area contributed by atoms with Gasteiger partial charge in [-0.1, -0.05) is 30.3 Å². The number of rotatable bonds is 3. The van der Waals surface area contributed by atoms with E-state index in [0.717, 1.165) is 10.0 Å². The van der Waals surface area contributed by atoms with Gasteiger partial charge in [0.1, 0.15) is 0 Å². The molecule has 3 aromatic rings. The average Bonchev–Trinajstić information content (AvgIpc) is 2.85. The van der Waals surface area contributed by atoms with Crippen molar-refractivity contribution >= 4 is 43.3 Å². The highest BCUT2D eigenvalue weighted by Gasteiger charge is 2.12. The van der Waals surface area contributed by atoms with Crippen LogP contribution in [0.3, 0.4) is 0 Å². The molecule has 0 atom stereocenters. The maximum absolute atomic E-state index is 11.7. The second-order valence-electron chi connectivity index (χ2n) is 4.54. The summed E-state index contributed by atoms with van der Waals surface area (Å²) in [7, 11) is 0. The number of hydrogen-bond acceptors (Lipinski definition) is 3. The zero-order chi connectivity index (χ0) is 14.8. The van der Waals surface area contributed by atoms with Gasteiger partial charge >= 0.3 is 5.97 Å². The minimum atomic E-state index is -0.278. The summed E-state index contributed by atoms with van der Waals surface area (Å²) in [4.78, 5) is 12.8. The Balaban J connectivity index is 1.99. The van der Waals surface area contributed by atoms with Crippen molar-refractivity contribution in [1.82, 2.24) is 0 Å². The molecule has 1 heterocycles. The molecule has 2 nitrogen and oxygen atoms in total. The molecule has 106 valence electrons. The molecule has 0 radical (unpaired) electrons. The van der Waals surface area contributed by atoms with E-state index < -0.39 is 0 Å². The number of thiophene rings is 1. The maximum atomic E-state index is 11.7. The molecule has 0 amide bonds. The van der Waals surface area contributed by atoms with Crippen molar-refractivity contribution in [3.05, 3.63) is 58.6 Å². The molecular formula is C17H13BrO2S. The van der Waals surface area contributed by atoms with Crippen LogP contribution in [0.5, 0.6) is 0 Å². The summed E-state index contributed by atoms with van der Waals surface area (Å²) < 4.78 is 7.35. The van der Waals surface area contributed by atoms with Crippen LogP contribution in [0.4, 0.5) is 0 Å². The highest BCUT2D eigenvalue weighted by molar-refractivity contribution is 9.10. The summed E-state index contributed by atoms with van der Waals surface area (Å²) >= 11 is 5.42. The third-order valence-electron chi connectivity index (χ3n) is 3.19. The largest absolute Gasteiger partial charge is 0.462 e. The Morgan fingerprint density at radius 2 is 1.86 bits per heavy atom. The molecule has 1 aromatic heterocycles. The van der Waals surface area contributed by atoms with E-state index in [1.54, 1.807) is 18.3 Å². The predicted octanol–water partition coefficient (Wildman–Crippen LogP) is 5.51. The number of carbonyl (C=O) groups is 1. The Kier molecular flexibility index (Phi) is 4.08. The van der Waals surface area contributed by atoms with Gasteiger partial charge in [-0.05, 0) is 46.6 Å². The summed E-state index contributed by atoms with van der Waals surface area (Å²) in [5.74, 6) is -0.278. The van der Waals surface area contributed by atoms with E-state index in [0.29, 0.717) is 12.2 Å². The summed E-state index contributed by atoms with van der Waals surface area (Å²) in [6, 6.07) is 15.8. The van der Waals surface area contributed by atoms with Crippen LogP contribution >= 0.6 is 27.3 Å². The molecule has 0 aliphatic carbocycles. The van der Waals surface area contributed by atoms with Gasteiger partial charge in [0.15, 0.2) is 0 Å². The number of hydrogen-bond donors (Lipinski definition) is 0. The molecule has 0 bridgehead atoms. The van der Waals surface area contributed by atoms with Crippen molar-refractivity contribution in [1.29, 1.82) is 0 Å². The number of fused-ring (bicyclic) bond motifs is 1. The molecule has 0 aliphatic heterocycles. The lowest BCUT2D eigenvalue weighted by molar-refractivity contribution is 0.0526. The normalized spacial score (nSPS) is 10.8. The second-order valence-corrected chi connectivity index (χ2v) is 6.38. The molecule has 2 aromatic carbocycles. The molecule has 0 aliphatic rings.